The van der Waals surface area contributed by atoms with Gasteiger partial charge in [-0.25, -0.2) is 19.6 Å². The smallest absolute Gasteiger partial charge is 0.427 e. The lowest BCUT2D eigenvalue weighted by molar-refractivity contribution is -0.141. The van der Waals surface area contributed by atoms with Gasteiger partial charge in [-0.2, -0.15) is 0 Å². The molecule has 2 unspecified atom stereocenters. The first-order valence-electron chi connectivity index (χ1n) is 11.2. The summed E-state index contributed by atoms with van der Waals surface area (Å²) in [7, 11) is 1.83. The molecular formula is C26H30FN3O5. The maximum atomic E-state index is 14.9. The number of rotatable bonds is 5. The van der Waals surface area contributed by atoms with E-state index in [1.807, 2.05) is 11.9 Å². The molecule has 1 aliphatic heterocycles. The Bertz CT molecular complexity index is 1110. The van der Waals surface area contributed by atoms with E-state index < -0.39 is 35.3 Å². The fraction of sp³-hybridized carbons (Fsp3) is 0.346. The number of carbonyl (C=O) groups excluding carboxylic acids is 2. The van der Waals surface area contributed by atoms with E-state index in [9.17, 15) is 23.9 Å². The largest absolute Gasteiger partial charge is 0.481 e. The topological polar surface area (TPSA) is 99.2 Å². The average Bonchev–Trinajstić information content (AvgIpc) is 3.18. The van der Waals surface area contributed by atoms with Crippen molar-refractivity contribution in [1.82, 2.24) is 10.3 Å². The van der Waals surface area contributed by atoms with Crippen LogP contribution >= 0.6 is 0 Å². The minimum Gasteiger partial charge on any atom is -0.481 e. The van der Waals surface area contributed by atoms with Gasteiger partial charge < -0.3 is 14.7 Å². The number of hydrogen-bond donors (Lipinski definition) is 2. The minimum atomic E-state index is -0.909. The van der Waals surface area contributed by atoms with Crippen molar-refractivity contribution in [1.29, 1.82) is 0 Å². The number of carboxylic acids is 1. The summed E-state index contributed by atoms with van der Waals surface area (Å²) >= 11 is 0. The van der Waals surface area contributed by atoms with Gasteiger partial charge in [0.2, 0.25) is 0 Å². The second-order valence-electron chi connectivity index (χ2n) is 9.51. The predicted octanol–water partition coefficient (Wildman–Crippen LogP) is 4.04. The molecule has 186 valence electrons. The van der Waals surface area contributed by atoms with Crippen molar-refractivity contribution in [2.24, 2.45) is 5.92 Å². The number of amides is 2. The highest BCUT2D eigenvalue weighted by Gasteiger charge is 2.37. The number of carboxylic acid groups (broad SMARTS) is 1. The molecule has 2 amide bonds. The number of likely N-dealkylation sites (tertiary alicyclic amines) is 1. The Balaban J connectivity index is 1.79. The number of likely N-dealkylation sites (N-methyl/N-ethyl adjacent to an activating group) is 1. The number of hydrazine groups is 1. The lowest BCUT2D eigenvalue weighted by Crippen LogP contribution is -2.47. The Hall–Kier alpha value is -3.72. The van der Waals surface area contributed by atoms with Crippen LogP contribution in [0.2, 0.25) is 0 Å². The van der Waals surface area contributed by atoms with Crippen LogP contribution in [0, 0.1) is 11.7 Å². The zero-order valence-corrected chi connectivity index (χ0v) is 20.2. The summed E-state index contributed by atoms with van der Waals surface area (Å²) in [6.07, 6.45) is 1.64. The van der Waals surface area contributed by atoms with Gasteiger partial charge in [-0.1, -0.05) is 30.3 Å². The highest BCUT2D eigenvalue weighted by molar-refractivity contribution is 6.04. The van der Waals surface area contributed by atoms with E-state index in [0.717, 1.165) is 11.1 Å². The summed E-state index contributed by atoms with van der Waals surface area (Å²) < 4.78 is 20.1. The normalized spacial score (nSPS) is 18.4. The monoisotopic (exact) mass is 483 g/mol. The SMILES string of the molecule is CN1CC(C(=O)O)C(c2ccc(C=CC(=O)N(NC(=O)OC(C)(C)C)c3ccccc3)c(F)c2)C1. The van der Waals surface area contributed by atoms with Crippen LogP contribution in [0.25, 0.3) is 6.08 Å². The molecule has 0 radical (unpaired) electrons. The number of hydrogen-bond acceptors (Lipinski definition) is 5. The highest BCUT2D eigenvalue weighted by Crippen LogP contribution is 2.33. The zero-order valence-electron chi connectivity index (χ0n) is 20.2. The van der Waals surface area contributed by atoms with E-state index in [1.165, 1.54) is 18.2 Å². The fourth-order valence-corrected chi connectivity index (χ4v) is 3.95. The van der Waals surface area contributed by atoms with E-state index in [4.69, 9.17) is 4.74 Å². The van der Waals surface area contributed by atoms with Gasteiger partial charge in [0.15, 0.2) is 0 Å². The number of ether oxygens (including phenoxy) is 1. The predicted molar refractivity (Wildman–Crippen MR) is 130 cm³/mol. The number of anilines is 1. The molecule has 8 nitrogen and oxygen atoms in total. The molecule has 0 aromatic heterocycles. The molecule has 0 spiro atoms. The number of aliphatic carboxylic acids is 1. The van der Waals surface area contributed by atoms with Gasteiger partial charge in [-0.3, -0.25) is 9.59 Å². The second-order valence-corrected chi connectivity index (χ2v) is 9.51. The molecule has 2 aromatic carbocycles. The molecule has 9 heteroatoms. The number of para-hydroxylation sites is 1. The minimum absolute atomic E-state index is 0.158. The van der Waals surface area contributed by atoms with E-state index in [1.54, 1.807) is 57.2 Å². The molecule has 3 rings (SSSR count). The summed E-state index contributed by atoms with van der Waals surface area (Å²) in [6, 6.07) is 13.0. The Morgan fingerprint density at radius 2 is 1.83 bits per heavy atom. The van der Waals surface area contributed by atoms with Crippen molar-refractivity contribution in [3.63, 3.8) is 0 Å². The van der Waals surface area contributed by atoms with E-state index in [2.05, 4.69) is 5.43 Å². The van der Waals surface area contributed by atoms with Crippen LogP contribution in [-0.2, 0) is 14.3 Å². The highest BCUT2D eigenvalue weighted by atomic mass is 19.1. The number of carbonyl (C=O) groups is 3. The number of halogens is 1. The third-order valence-electron chi connectivity index (χ3n) is 5.51. The standard InChI is InChI=1S/C26H30FN3O5/c1-26(2,3)35-25(34)28-30(19-8-6-5-7-9-19)23(31)13-12-17-10-11-18(14-22(17)27)20-15-29(4)16-21(20)24(32)33/h5-14,20-21H,15-16H2,1-4H3,(H,28,34)(H,32,33). The van der Waals surface area contributed by atoms with Crippen LogP contribution < -0.4 is 10.4 Å². The Morgan fingerprint density at radius 1 is 1.14 bits per heavy atom. The van der Waals surface area contributed by atoms with Gasteiger partial charge in [-0.05, 0) is 57.7 Å². The van der Waals surface area contributed by atoms with Crippen LogP contribution in [0.4, 0.5) is 14.9 Å². The lowest BCUT2D eigenvalue weighted by Gasteiger charge is -2.25. The van der Waals surface area contributed by atoms with Crippen LogP contribution in [0.1, 0.15) is 37.8 Å². The van der Waals surface area contributed by atoms with Gasteiger partial charge in [0, 0.05) is 30.6 Å². The Kier molecular flexibility index (Phi) is 7.91. The molecule has 1 saturated heterocycles. The van der Waals surface area contributed by atoms with Gasteiger partial charge in [0.05, 0.1) is 11.6 Å². The maximum Gasteiger partial charge on any atom is 0.427 e. The Morgan fingerprint density at radius 3 is 2.43 bits per heavy atom. The van der Waals surface area contributed by atoms with Crippen molar-refractivity contribution >= 4 is 29.7 Å². The van der Waals surface area contributed by atoms with Crippen LogP contribution in [0.5, 0.6) is 0 Å². The molecular weight excluding hydrogens is 453 g/mol. The molecule has 0 bridgehead atoms. The molecule has 2 aromatic rings. The maximum absolute atomic E-state index is 14.9. The molecule has 2 N–H and O–H groups in total. The summed E-state index contributed by atoms with van der Waals surface area (Å²) in [5.41, 5.74) is 2.82. The first kappa shape index (κ1) is 25.9. The molecule has 2 atom stereocenters. The van der Waals surface area contributed by atoms with Crippen LogP contribution in [-0.4, -0.2) is 53.7 Å². The summed E-state index contributed by atoms with van der Waals surface area (Å²) in [4.78, 5) is 38.7. The molecule has 1 fully saturated rings. The summed E-state index contributed by atoms with van der Waals surface area (Å²) in [6.45, 7) is 6.03. The molecule has 1 aliphatic rings. The average molecular weight is 484 g/mol. The van der Waals surface area contributed by atoms with Gasteiger partial charge in [-0.15, -0.1) is 0 Å². The third-order valence-corrected chi connectivity index (χ3v) is 5.51. The van der Waals surface area contributed by atoms with Gasteiger partial charge in [0.1, 0.15) is 11.4 Å². The third kappa shape index (κ3) is 6.89. The number of nitrogens with one attached hydrogen (secondary N) is 1. The van der Waals surface area contributed by atoms with Crippen LogP contribution in [0.15, 0.2) is 54.6 Å². The van der Waals surface area contributed by atoms with Crippen molar-refractivity contribution in [3.8, 4) is 0 Å². The van der Waals surface area contributed by atoms with Crippen LogP contribution in [0.3, 0.4) is 0 Å². The Labute approximate surface area is 203 Å². The lowest BCUT2D eigenvalue weighted by atomic mass is 9.88. The second kappa shape index (κ2) is 10.7. The number of benzene rings is 2. The molecule has 0 saturated carbocycles. The molecule has 1 heterocycles. The molecule has 35 heavy (non-hydrogen) atoms. The van der Waals surface area contributed by atoms with Crippen molar-refractivity contribution < 1.29 is 28.6 Å². The van der Waals surface area contributed by atoms with E-state index in [-0.39, 0.29) is 11.5 Å². The van der Waals surface area contributed by atoms with E-state index >= 15 is 0 Å². The van der Waals surface area contributed by atoms with Gasteiger partial charge >= 0.3 is 12.1 Å². The first-order valence-corrected chi connectivity index (χ1v) is 11.2. The quantitative estimate of drug-likeness (QED) is 0.492. The van der Waals surface area contributed by atoms with Gasteiger partial charge in [0.25, 0.3) is 5.91 Å². The zero-order chi connectivity index (χ0) is 25.8. The summed E-state index contributed by atoms with van der Waals surface area (Å²) in [5, 5.41) is 10.5. The fourth-order valence-electron chi connectivity index (χ4n) is 3.95. The first-order chi connectivity index (χ1) is 16.4. The summed E-state index contributed by atoms with van der Waals surface area (Å²) in [5.74, 6) is -3.03. The van der Waals surface area contributed by atoms with Crippen molar-refractivity contribution in [2.75, 3.05) is 25.1 Å². The van der Waals surface area contributed by atoms with E-state index in [0.29, 0.717) is 24.3 Å². The van der Waals surface area contributed by atoms with Crippen molar-refractivity contribution in [3.05, 3.63) is 71.6 Å². The molecule has 0 aliphatic carbocycles. The van der Waals surface area contributed by atoms with Crippen molar-refractivity contribution in [2.45, 2.75) is 32.3 Å². The number of nitrogens with zero attached hydrogens (tertiary/aromatic N) is 2.